The summed E-state index contributed by atoms with van der Waals surface area (Å²) in [5.74, 6) is 0. The Morgan fingerprint density at radius 2 is 1.88 bits per heavy atom. The van der Waals surface area contributed by atoms with Gasteiger partial charge in [-0.3, -0.25) is 0 Å². The van der Waals surface area contributed by atoms with Crippen LogP contribution in [0.4, 0.5) is 0 Å². The minimum Gasteiger partial charge on any atom is -0.103 e. The fourth-order valence-electron chi connectivity index (χ4n) is 1.97. The molecule has 0 bridgehead atoms. The van der Waals surface area contributed by atoms with Crippen molar-refractivity contribution in [1.29, 1.82) is 0 Å². The number of hydrogen-bond donors (Lipinski definition) is 0. The van der Waals surface area contributed by atoms with Crippen LogP contribution in [0.5, 0.6) is 0 Å². The summed E-state index contributed by atoms with van der Waals surface area (Å²) < 4.78 is 0. The minimum atomic E-state index is 0.970. The van der Waals surface area contributed by atoms with E-state index in [-0.39, 0.29) is 0 Å². The molecule has 0 nitrogen and oxygen atoms in total. The summed E-state index contributed by atoms with van der Waals surface area (Å²) in [5.41, 5.74) is 2.75. The van der Waals surface area contributed by atoms with E-state index in [1.807, 2.05) is 6.08 Å². The lowest BCUT2D eigenvalue weighted by molar-refractivity contribution is 0.674. The molecule has 0 unspecified atom stereocenters. The van der Waals surface area contributed by atoms with E-state index in [1.54, 1.807) is 0 Å². The normalized spacial score (nSPS) is 11.5. The molecule has 0 fully saturated rings. The second-order valence-corrected chi connectivity index (χ2v) is 4.44. The molecule has 92 valence electrons. The molecule has 0 aliphatic rings. The lowest BCUT2D eigenvalue weighted by Crippen LogP contribution is -1.83. The Hall–Kier alpha value is -1.30. The van der Waals surface area contributed by atoms with Crippen molar-refractivity contribution in [2.75, 3.05) is 0 Å². The SMILES string of the molecule is C=CCC(=CCCCCCC)c1ccccc1. The van der Waals surface area contributed by atoms with Crippen LogP contribution in [-0.2, 0) is 0 Å². The first-order chi connectivity index (χ1) is 8.38. The lowest BCUT2D eigenvalue weighted by Gasteiger charge is -2.05. The molecule has 0 atom stereocenters. The van der Waals surface area contributed by atoms with Crippen LogP contribution in [0.1, 0.15) is 51.0 Å². The second kappa shape index (κ2) is 8.81. The maximum Gasteiger partial charge on any atom is -0.00974 e. The van der Waals surface area contributed by atoms with Gasteiger partial charge in [0.25, 0.3) is 0 Å². The monoisotopic (exact) mass is 228 g/mol. The summed E-state index contributed by atoms with van der Waals surface area (Å²) in [4.78, 5) is 0. The van der Waals surface area contributed by atoms with Crippen LogP contribution in [0.15, 0.2) is 49.1 Å². The van der Waals surface area contributed by atoms with Gasteiger partial charge in [0, 0.05) is 0 Å². The average Bonchev–Trinajstić information content (AvgIpc) is 2.38. The van der Waals surface area contributed by atoms with Gasteiger partial charge in [0.15, 0.2) is 0 Å². The largest absolute Gasteiger partial charge is 0.103 e. The van der Waals surface area contributed by atoms with Gasteiger partial charge in [-0.25, -0.2) is 0 Å². The van der Waals surface area contributed by atoms with Gasteiger partial charge < -0.3 is 0 Å². The molecule has 0 aliphatic heterocycles. The van der Waals surface area contributed by atoms with Crippen molar-refractivity contribution in [2.45, 2.75) is 45.4 Å². The molecule has 0 aromatic heterocycles. The quantitative estimate of drug-likeness (QED) is 0.400. The molecule has 1 aromatic carbocycles. The summed E-state index contributed by atoms with van der Waals surface area (Å²) in [7, 11) is 0. The Morgan fingerprint density at radius 3 is 2.53 bits per heavy atom. The second-order valence-electron chi connectivity index (χ2n) is 4.44. The summed E-state index contributed by atoms with van der Waals surface area (Å²) in [5, 5.41) is 0. The number of hydrogen-bond acceptors (Lipinski definition) is 0. The zero-order valence-corrected chi connectivity index (χ0v) is 11.0. The molecule has 0 aliphatic carbocycles. The predicted molar refractivity (Wildman–Crippen MR) is 78.0 cm³/mol. The highest BCUT2D eigenvalue weighted by molar-refractivity contribution is 5.66. The van der Waals surface area contributed by atoms with E-state index in [9.17, 15) is 0 Å². The highest BCUT2D eigenvalue weighted by Crippen LogP contribution is 2.19. The zero-order chi connectivity index (χ0) is 12.3. The molecular formula is C17H24. The molecule has 0 spiro atoms. The van der Waals surface area contributed by atoms with Crippen LogP contribution in [0.25, 0.3) is 5.57 Å². The maximum absolute atomic E-state index is 3.84. The van der Waals surface area contributed by atoms with Crippen molar-refractivity contribution in [2.24, 2.45) is 0 Å². The van der Waals surface area contributed by atoms with E-state index in [2.05, 4.69) is 49.9 Å². The van der Waals surface area contributed by atoms with Crippen LogP contribution in [0.2, 0.25) is 0 Å². The third-order valence-corrected chi connectivity index (χ3v) is 2.96. The Morgan fingerprint density at radius 1 is 1.12 bits per heavy atom. The van der Waals surface area contributed by atoms with Crippen LogP contribution < -0.4 is 0 Å². The molecule has 1 aromatic rings. The van der Waals surface area contributed by atoms with E-state index in [0.717, 1.165) is 6.42 Å². The van der Waals surface area contributed by atoms with E-state index < -0.39 is 0 Å². The Bertz CT molecular complexity index is 332. The molecule has 1 rings (SSSR count). The van der Waals surface area contributed by atoms with E-state index >= 15 is 0 Å². The molecular weight excluding hydrogens is 204 g/mol. The molecule has 0 saturated heterocycles. The van der Waals surface area contributed by atoms with Gasteiger partial charge in [-0.15, -0.1) is 6.58 Å². The fourth-order valence-corrected chi connectivity index (χ4v) is 1.97. The van der Waals surface area contributed by atoms with Crippen molar-refractivity contribution in [3.63, 3.8) is 0 Å². The first-order valence-electron chi connectivity index (χ1n) is 6.73. The number of rotatable bonds is 8. The van der Waals surface area contributed by atoms with Gasteiger partial charge in [0.2, 0.25) is 0 Å². The first kappa shape index (κ1) is 13.8. The van der Waals surface area contributed by atoms with Crippen LogP contribution >= 0.6 is 0 Å². The van der Waals surface area contributed by atoms with Crippen molar-refractivity contribution in [1.82, 2.24) is 0 Å². The number of unbranched alkanes of at least 4 members (excludes halogenated alkanes) is 4. The topological polar surface area (TPSA) is 0 Å². The van der Waals surface area contributed by atoms with Gasteiger partial charge in [-0.1, -0.05) is 68.7 Å². The van der Waals surface area contributed by atoms with Gasteiger partial charge >= 0.3 is 0 Å². The highest BCUT2D eigenvalue weighted by atomic mass is 14.0. The third-order valence-electron chi connectivity index (χ3n) is 2.96. The van der Waals surface area contributed by atoms with Crippen molar-refractivity contribution >= 4 is 5.57 Å². The molecule has 0 radical (unpaired) electrons. The van der Waals surface area contributed by atoms with E-state index in [0.29, 0.717) is 0 Å². The van der Waals surface area contributed by atoms with Crippen LogP contribution in [0.3, 0.4) is 0 Å². The van der Waals surface area contributed by atoms with Crippen LogP contribution in [-0.4, -0.2) is 0 Å². The van der Waals surface area contributed by atoms with Gasteiger partial charge in [0.05, 0.1) is 0 Å². The lowest BCUT2D eigenvalue weighted by atomic mass is 10.0. The molecule has 0 amide bonds. The number of benzene rings is 1. The molecule has 0 saturated carbocycles. The fraction of sp³-hybridized carbons (Fsp3) is 0.412. The smallest absolute Gasteiger partial charge is 0.00974 e. The van der Waals surface area contributed by atoms with Crippen LogP contribution in [0, 0.1) is 0 Å². The summed E-state index contributed by atoms with van der Waals surface area (Å²) in [6.07, 6.45) is 11.9. The standard InChI is InChI=1S/C17H24/c1-3-5-6-7-9-13-16(12-4-2)17-14-10-8-11-15-17/h4,8,10-11,13-15H,2-3,5-7,9,12H2,1H3. The van der Waals surface area contributed by atoms with Crippen molar-refractivity contribution < 1.29 is 0 Å². The molecule has 0 heterocycles. The zero-order valence-electron chi connectivity index (χ0n) is 11.0. The Labute approximate surface area is 106 Å². The average molecular weight is 228 g/mol. The van der Waals surface area contributed by atoms with E-state index in [4.69, 9.17) is 0 Å². The predicted octanol–water partition coefficient (Wildman–Crippen LogP) is 5.62. The molecule has 0 N–H and O–H groups in total. The maximum atomic E-state index is 3.84. The first-order valence-corrected chi connectivity index (χ1v) is 6.73. The molecule has 0 heteroatoms. The summed E-state index contributed by atoms with van der Waals surface area (Å²) in [6.45, 7) is 6.10. The van der Waals surface area contributed by atoms with Gasteiger partial charge in [0.1, 0.15) is 0 Å². The van der Waals surface area contributed by atoms with E-state index in [1.165, 1.54) is 43.2 Å². The van der Waals surface area contributed by atoms with Crippen molar-refractivity contribution in [3.05, 3.63) is 54.6 Å². The summed E-state index contributed by atoms with van der Waals surface area (Å²) >= 11 is 0. The number of allylic oxidation sites excluding steroid dienone is 3. The minimum absolute atomic E-state index is 0.970. The van der Waals surface area contributed by atoms with Gasteiger partial charge in [-0.2, -0.15) is 0 Å². The van der Waals surface area contributed by atoms with Gasteiger partial charge in [-0.05, 0) is 30.4 Å². The Balaban J connectivity index is 2.53. The highest BCUT2D eigenvalue weighted by Gasteiger charge is 1.98. The third kappa shape index (κ3) is 5.53. The Kier molecular flexibility index (Phi) is 7.13. The van der Waals surface area contributed by atoms with Crippen molar-refractivity contribution in [3.8, 4) is 0 Å². The summed E-state index contributed by atoms with van der Waals surface area (Å²) in [6, 6.07) is 10.6. The molecule has 17 heavy (non-hydrogen) atoms.